The molecule has 2 aromatic carbocycles. The molecule has 35 heavy (non-hydrogen) atoms. The fourth-order valence-electron chi connectivity index (χ4n) is 3.75. The van der Waals surface area contributed by atoms with E-state index in [4.69, 9.17) is 14.2 Å². The number of rotatable bonds is 11. The number of nitrogens with zero attached hydrogens (tertiary/aromatic N) is 2. The molecule has 0 spiro atoms. The van der Waals surface area contributed by atoms with E-state index in [1.165, 1.54) is 0 Å². The van der Waals surface area contributed by atoms with E-state index < -0.39 is 8.07 Å². The molecular weight excluding hydrogens is 456 g/mol. The zero-order valence-corrected chi connectivity index (χ0v) is 23.1. The molecule has 3 rings (SSSR count). The van der Waals surface area contributed by atoms with Gasteiger partial charge in [-0.1, -0.05) is 31.8 Å². The number of carbonyl (C=O) groups is 1. The van der Waals surface area contributed by atoms with Gasteiger partial charge in [-0.25, -0.2) is 0 Å². The molecule has 0 saturated heterocycles. The van der Waals surface area contributed by atoms with E-state index in [0.717, 1.165) is 34.3 Å². The molecule has 6 nitrogen and oxygen atoms in total. The van der Waals surface area contributed by atoms with Gasteiger partial charge in [0, 0.05) is 39.3 Å². The van der Waals surface area contributed by atoms with Crippen LogP contribution in [-0.4, -0.2) is 39.1 Å². The van der Waals surface area contributed by atoms with Crippen molar-refractivity contribution in [3.05, 3.63) is 77.1 Å². The van der Waals surface area contributed by atoms with Crippen molar-refractivity contribution in [2.24, 2.45) is 7.05 Å². The van der Waals surface area contributed by atoms with Crippen molar-refractivity contribution in [2.75, 3.05) is 25.4 Å². The first-order chi connectivity index (χ1) is 16.6. The maximum Gasteiger partial charge on any atom is 0.260 e. The summed E-state index contributed by atoms with van der Waals surface area (Å²) in [6, 6.07) is 16.5. The summed E-state index contributed by atoms with van der Waals surface area (Å²) >= 11 is 0. The highest BCUT2D eigenvalue weighted by molar-refractivity contribution is 6.76. The minimum atomic E-state index is -1.12. The van der Waals surface area contributed by atoms with Gasteiger partial charge in [-0.2, -0.15) is 0 Å². The Morgan fingerprint density at radius 2 is 1.74 bits per heavy atom. The molecule has 0 bridgehead atoms. The molecule has 0 unspecified atom stereocenters. The summed E-state index contributed by atoms with van der Waals surface area (Å²) in [5.41, 5.74) is 4.46. The summed E-state index contributed by atoms with van der Waals surface area (Å²) in [7, 11) is 2.49. The normalized spacial score (nSPS) is 11.4. The second-order valence-corrected chi connectivity index (χ2v) is 15.7. The van der Waals surface area contributed by atoms with Crippen molar-refractivity contribution < 1.29 is 19.0 Å². The molecule has 1 aromatic heterocycles. The van der Waals surface area contributed by atoms with Crippen LogP contribution < -0.4 is 14.4 Å². The van der Waals surface area contributed by atoms with Crippen molar-refractivity contribution in [1.29, 1.82) is 0 Å². The quantitative estimate of drug-likeness (QED) is 0.181. The first-order valence-electron chi connectivity index (χ1n) is 12.0. The number of amides is 1. The lowest BCUT2D eigenvalue weighted by molar-refractivity contribution is 0.0220. The molecule has 0 aliphatic heterocycles. The number of hydrogen-bond donors (Lipinski definition) is 0. The average Bonchev–Trinajstić information content (AvgIpc) is 3.15. The Hall–Kier alpha value is -3.03. The topological polar surface area (TPSA) is 52.9 Å². The monoisotopic (exact) mass is 494 g/mol. The highest BCUT2D eigenvalue weighted by Crippen LogP contribution is 2.28. The van der Waals surface area contributed by atoms with Gasteiger partial charge in [-0.05, 0) is 67.4 Å². The second kappa shape index (κ2) is 11.6. The Balaban J connectivity index is 1.80. The SMILES string of the molecule is COc1cccc(CN(C(=O)c2ccn(C)c2C)c2ccc(OCOCC[Si](C)(C)C)cc2)c1C. The lowest BCUT2D eigenvalue weighted by Gasteiger charge is -2.25. The van der Waals surface area contributed by atoms with Crippen molar-refractivity contribution in [1.82, 2.24) is 4.57 Å². The summed E-state index contributed by atoms with van der Waals surface area (Å²) in [6.07, 6.45) is 1.91. The van der Waals surface area contributed by atoms with Crippen LogP contribution in [0.2, 0.25) is 25.7 Å². The molecule has 1 heterocycles. The lowest BCUT2D eigenvalue weighted by Crippen LogP contribution is -2.31. The molecule has 3 aromatic rings. The summed E-state index contributed by atoms with van der Waals surface area (Å²) in [4.78, 5) is 15.5. The number of anilines is 1. The minimum absolute atomic E-state index is 0.0475. The summed E-state index contributed by atoms with van der Waals surface area (Å²) in [5.74, 6) is 1.47. The third-order valence-corrected chi connectivity index (χ3v) is 7.96. The van der Waals surface area contributed by atoms with Crippen LogP contribution in [-0.2, 0) is 18.3 Å². The maximum absolute atomic E-state index is 13.7. The van der Waals surface area contributed by atoms with E-state index in [2.05, 4.69) is 19.6 Å². The highest BCUT2D eigenvalue weighted by Gasteiger charge is 2.22. The minimum Gasteiger partial charge on any atom is -0.496 e. The fourth-order valence-corrected chi connectivity index (χ4v) is 4.51. The van der Waals surface area contributed by atoms with Gasteiger partial charge in [0.05, 0.1) is 19.2 Å². The molecule has 0 radical (unpaired) electrons. The van der Waals surface area contributed by atoms with Crippen LogP contribution in [0.3, 0.4) is 0 Å². The van der Waals surface area contributed by atoms with E-state index in [1.54, 1.807) is 12.0 Å². The molecule has 0 saturated carbocycles. The molecule has 0 aliphatic carbocycles. The van der Waals surface area contributed by atoms with Crippen molar-refractivity contribution in [3.63, 3.8) is 0 Å². The molecular formula is C28H38N2O4Si. The Kier molecular flexibility index (Phi) is 8.80. The maximum atomic E-state index is 13.7. The fraction of sp³-hybridized carbons (Fsp3) is 0.393. The smallest absolute Gasteiger partial charge is 0.260 e. The Labute approximate surface area is 210 Å². The number of ether oxygens (including phenoxy) is 3. The molecule has 0 atom stereocenters. The number of aromatic nitrogens is 1. The van der Waals surface area contributed by atoms with Gasteiger partial charge in [0.2, 0.25) is 0 Å². The Bertz CT molecular complexity index is 1130. The predicted octanol–water partition coefficient (Wildman–Crippen LogP) is 6.19. The van der Waals surface area contributed by atoms with E-state index in [0.29, 0.717) is 24.5 Å². The number of aryl methyl sites for hydroxylation is 1. The summed E-state index contributed by atoms with van der Waals surface area (Å²) in [5, 5.41) is 0. The van der Waals surface area contributed by atoms with E-state index >= 15 is 0 Å². The van der Waals surface area contributed by atoms with Gasteiger partial charge in [0.15, 0.2) is 6.79 Å². The van der Waals surface area contributed by atoms with E-state index in [9.17, 15) is 4.79 Å². The van der Waals surface area contributed by atoms with Gasteiger partial charge in [-0.3, -0.25) is 4.79 Å². The number of benzene rings is 2. The van der Waals surface area contributed by atoms with Crippen LogP contribution in [0.4, 0.5) is 5.69 Å². The largest absolute Gasteiger partial charge is 0.496 e. The first kappa shape index (κ1) is 26.6. The first-order valence-corrected chi connectivity index (χ1v) is 15.7. The van der Waals surface area contributed by atoms with Crippen LogP contribution in [0, 0.1) is 13.8 Å². The van der Waals surface area contributed by atoms with Crippen molar-refractivity contribution in [3.8, 4) is 11.5 Å². The van der Waals surface area contributed by atoms with Crippen molar-refractivity contribution in [2.45, 2.75) is 46.1 Å². The van der Waals surface area contributed by atoms with E-state index in [1.807, 2.05) is 80.2 Å². The molecule has 1 amide bonds. The van der Waals surface area contributed by atoms with Gasteiger partial charge in [-0.15, -0.1) is 0 Å². The van der Waals surface area contributed by atoms with E-state index in [-0.39, 0.29) is 12.7 Å². The van der Waals surface area contributed by atoms with Gasteiger partial charge >= 0.3 is 0 Å². The van der Waals surface area contributed by atoms with Crippen molar-refractivity contribution >= 4 is 19.7 Å². The molecule has 0 N–H and O–H groups in total. The van der Waals surface area contributed by atoms with Crippen LogP contribution in [0.25, 0.3) is 0 Å². The molecule has 0 aliphatic rings. The van der Waals surface area contributed by atoms with Crippen LogP contribution in [0.15, 0.2) is 54.7 Å². The van der Waals surface area contributed by atoms with Gasteiger partial charge < -0.3 is 23.7 Å². The third kappa shape index (κ3) is 6.99. The predicted molar refractivity (Wildman–Crippen MR) is 144 cm³/mol. The molecule has 188 valence electrons. The Morgan fingerprint density at radius 3 is 2.34 bits per heavy atom. The number of hydrogen-bond acceptors (Lipinski definition) is 4. The lowest BCUT2D eigenvalue weighted by atomic mass is 10.1. The number of carbonyl (C=O) groups excluding carboxylic acids is 1. The zero-order valence-electron chi connectivity index (χ0n) is 22.1. The zero-order chi connectivity index (χ0) is 25.6. The highest BCUT2D eigenvalue weighted by atomic mass is 28.3. The third-order valence-electron chi connectivity index (χ3n) is 6.26. The molecule has 7 heteroatoms. The number of methoxy groups -OCH3 is 1. The second-order valence-electron chi connectivity index (χ2n) is 10.0. The van der Waals surface area contributed by atoms with Gasteiger partial charge in [0.1, 0.15) is 11.5 Å². The summed E-state index contributed by atoms with van der Waals surface area (Å²) in [6.45, 7) is 12.3. The molecule has 0 fully saturated rings. The standard InChI is InChI=1S/C28H38N2O4Si/c1-21-23(9-8-10-27(21)32-4)19-30(28(31)26-15-16-29(3)22(26)2)24-11-13-25(14-12-24)34-20-33-17-18-35(5,6)7/h8-16H,17-20H2,1-7H3. The summed E-state index contributed by atoms with van der Waals surface area (Å²) < 4.78 is 18.9. The van der Waals surface area contributed by atoms with Crippen LogP contribution in [0.5, 0.6) is 11.5 Å². The average molecular weight is 495 g/mol. The van der Waals surface area contributed by atoms with Gasteiger partial charge in [0.25, 0.3) is 5.91 Å². The Morgan fingerprint density at radius 1 is 1.03 bits per heavy atom. The van der Waals surface area contributed by atoms with Crippen LogP contribution >= 0.6 is 0 Å². The van der Waals surface area contributed by atoms with Crippen LogP contribution in [0.1, 0.15) is 27.2 Å².